The Balaban J connectivity index is 2.34. The quantitative estimate of drug-likeness (QED) is 0.399. The average Bonchev–Trinajstić information content (AvgIpc) is 2.88. The fourth-order valence-corrected chi connectivity index (χ4v) is 1.90. The Morgan fingerprint density at radius 3 is 2.50 bits per heavy atom. The molecule has 7 heteroatoms. The summed E-state index contributed by atoms with van der Waals surface area (Å²) in [6.07, 6.45) is 1.51. The number of amides is 1. The number of benzene rings is 1. The van der Waals surface area contributed by atoms with Gasteiger partial charge >= 0.3 is 0 Å². The number of fused-ring (bicyclic) bond motifs is 1. The van der Waals surface area contributed by atoms with Gasteiger partial charge in [0.2, 0.25) is 0 Å². The van der Waals surface area contributed by atoms with Crippen molar-refractivity contribution in [2.75, 3.05) is 25.6 Å². The van der Waals surface area contributed by atoms with Crippen molar-refractivity contribution in [3.8, 4) is 0 Å². The van der Waals surface area contributed by atoms with Crippen molar-refractivity contribution >= 4 is 22.5 Å². The fourth-order valence-electron chi connectivity index (χ4n) is 1.90. The maximum Gasteiger partial charge on any atom is 0.254 e. The molecular formula is C13H17N3O4. The summed E-state index contributed by atoms with van der Waals surface area (Å²) < 4.78 is 0. The van der Waals surface area contributed by atoms with Crippen LogP contribution >= 0.6 is 0 Å². The van der Waals surface area contributed by atoms with Gasteiger partial charge in [0.05, 0.1) is 25.4 Å². The molecule has 0 aliphatic carbocycles. The van der Waals surface area contributed by atoms with Crippen LogP contribution in [0.1, 0.15) is 10.4 Å². The fraction of sp³-hybridized carbons (Fsp3) is 0.308. The number of carbonyl (C=O) groups excluding carboxylic acids is 1. The largest absolute Gasteiger partial charge is 0.399 e. The number of H-pyrrole nitrogens is 1. The standard InChI is InChI=1S/C13H17N3O4/c14-8-1-2-11-9(3-8)10(4-15-11)12(20)16-13(5-17,6-18)7-19/h1-4,15,17-19H,5-7,14H2,(H,16,20). The lowest BCUT2D eigenvalue weighted by Gasteiger charge is -2.28. The van der Waals surface area contributed by atoms with E-state index in [4.69, 9.17) is 5.73 Å². The smallest absolute Gasteiger partial charge is 0.254 e. The van der Waals surface area contributed by atoms with Crippen molar-refractivity contribution in [3.05, 3.63) is 30.0 Å². The number of hydrogen-bond donors (Lipinski definition) is 6. The van der Waals surface area contributed by atoms with Crippen LogP contribution in [0, 0.1) is 0 Å². The van der Waals surface area contributed by atoms with Gasteiger partial charge in [0.1, 0.15) is 5.54 Å². The highest BCUT2D eigenvalue weighted by molar-refractivity contribution is 6.07. The molecule has 0 bridgehead atoms. The van der Waals surface area contributed by atoms with Crippen molar-refractivity contribution in [3.63, 3.8) is 0 Å². The number of hydrogen-bond acceptors (Lipinski definition) is 5. The number of aromatic nitrogens is 1. The third-order valence-corrected chi connectivity index (χ3v) is 3.24. The van der Waals surface area contributed by atoms with Crippen LogP contribution in [-0.4, -0.2) is 51.6 Å². The first kappa shape index (κ1) is 14.3. The second kappa shape index (κ2) is 5.49. The number of nitrogens with one attached hydrogen (secondary N) is 2. The van der Waals surface area contributed by atoms with Gasteiger partial charge in [0.15, 0.2) is 0 Å². The van der Waals surface area contributed by atoms with Crippen LogP contribution in [-0.2, 0) is 0 Å². The number of aromatic amines is 1. The lowest BCUT2D eigenvalue weighted by molar-refractivity contribution is 0.0376. The minimum Gasteiger partial charge on any atom is -0.399 e. The molecule has 7 nitrogen and oxygen atoms in total. The zero-order valence-electron chi connectivity index (χ0n) is 10.8. The minimum absolute atomic E-state index is 0.326. The van der Waals surface area contributed by atoms with Crippen LogP contribution in [0.2, 0.25) is 0 Å². The maximum absolute atomic E-state index is 12.2. The van der Waals surface area contributed by atoms with Gasteiger partial charge in [-0.1, -0.05) is 0 Å². The molecule has 7 N–H and O–H groups in total. The number of aliphatic hydroxyl groups is 3. The summed E-state index contributed by atoms with van der Waals surface area (Å²) in [5, 5.41) is 30.7. The number of carbonyl (C=O) groups is 1. The molecule has 0 unspecified atom stereocenters. The third kappa shape index (κ3) is 2.46. The maximum atomic E-state index is 12.2. The first-order valence-electron chi connectivity index (χ1n) is 6.07. The second-order valence-corrected chi connectivity index (χ2v) is 4.72. The summed E-state index contributed by atoms with van der Waals surface area (Å²) in [5.41, 5.74) is 5.82. The molecule has 0 spiro atoms. The summed E-state index contributed by atoms with van der Waals surface area (Å²) in [5.74, 6) is -0.515. The van der Waals surface area contributed by atoms with E-state index >= 15 is 0 Å². The van der Waals surface area contributed by atoms with Gasteiger partial charge in [-0.05, 0) is 18.2 Å². The van der Waals surface area contributed by atoms with Crippen molar-refractivity contribution in [1.29, 1.82) is 0 Å². The number of nitrogens with two attached hydrogens (primary N) is 1. The zero-order valence-corrected chi connectivity index (χ0v) is 10.8. The van der Waals surface area contributed by atoms with Crippen LogP contribution < -0.4 is 11.1 Å². The molecule has 0 radical (unpaired) electrons. The number of aliphatic hydroxyl groups excluding tert-OH is 3. The van der Waals surface area contributed by atoms with Gasteiger partial charge in [0, 0.05) is 22.8 Å². The van der Waals surface area contributed by atoms with Crippen LogP contribution in [0.5, 0.6) is 0 Å². The SMILES string of the molecule is Nc1ccc2[nH]cc(C(=O)NC(CO)(CO)CO)c2c1. The van der Waals surface area contributed by atoms with E-state index in [0.717, 1.165) is 5.52 Å². The Labute approximate surface area is 115 Å². The Bertz CT molecular complexity index is 611. The third-order valence-electron chi connectivity index (χ3n) is 3.24. The molecular weight excluding hydrogens is 262 g/mol. The van der Waals surface area contributed by atoms with Gasteiger partial charge in [0.25, 0.3) is 5.91 Å². The van der Waals surface area contributed by atoms with Gasteiger partial charge in [-0.15, -0.1) is 0 Å². The normalized spacial score (nSPS) is 11.8. The average molecular weight is 279 g/mol. The van der Waals surface area contributed by atoms with Gasteiger partial charge in [-0.3, -0.25) is 4.79 Å². The van der Waals surface area contributed by atoms with Crippen LogP contribution in [0.15, 0.2) is 24.4 Å². The molecule has 1 aromatic heterocycles. The van der Waals surface area contributed by atoms with E-state index in [2.05, 4.69) is 10.3 Å². The second-order valence-electron chi connectivity index (χ2n) is 4.72. The summed E-state index contributed by atoms with van der Waals surface area (Å²) in [7, 11) is 0. The van der Waals surface area contributed by atoms with Crippen molar-refractivity contribution < 1.29 is 20.1 Å². The molecule has 2 aromatic rings. The first-order chi connectivity index (χ1) is 9.55. The Morgan fingerprint density at radius 1 is 1.25 bits per heavy atom. The predicted molar refractivity (Wildman–Crippen MR) is 74.2 cm³/mol. The zero-order chi connectivity index (χ0) is 14.8. The lowest BCUT2D eigenvalue weighted by atomic mass is 10.0. The van der Waals surface area contributed by atoms with E-state index in [9.17, 15) is 20.1 Å². The lowest BCUT2D eigenvalue weighted by Crippen LogP contribution is -2.57. The molecule has 1 aromatic carbocycles. The molecule has 1 amide bonds. The highest BCUT2D eigenvalue weighted by Gasteiger charge is 2.31. The highest BCUT2D eigenvalue weighted by atomic mass is 16.3. The van der Waals surface area contributed by atoms with Gasteiger partial charge in [-0.2, -0.15) is 0 Å². The Kier molecular flexibility index (Phi) is 3.93. The number of nitrogen functional groups attached to an aromatic ring is 1. The summed E-state index contributed by atoms with van der Waals surface area (Å²) in [6, 6.07) is 5.11. The van der Waals surface area contributed by atoms with Crippen LogP contribution in [0.3, 0.4) is 0 Å². The molecule has 0 saturated heterocycles. The summed E-state index contributed by atoms with van der Waals surface area (Å²) in [6.45, 7) is -1.72. The molecule has 0 atom stereocenters. The topological polar surface area (TPSA) is 132 Å². The predicted octanol–water partition coefficient (Wildman–Crippen LogP) is -0.804. The van der Waals surface area contributed by atoms with E-state index in [1.165, 1.54) is 6.20 Å². The highest BCUT2D eigenvalue weighted by Crippen LogP contribution is 2.21. The summed E-state index contributed by atoms with van der Waals surface area (Å²) in [4.78, 5) is 15.2. The van der Waals surface area contributed by atoms with Gasteiger partial charge < -0.3 is 31.4 Å². The van der Waals surface area contributed by atoms with Crippen molar-refractivity contribution in [2.45, 2.75) is 5.54 Å². The van der Waals surface area contributed by atoms with Crippen LogP contribution in [0.25, 0.3) is 10.9 Å². The monoisotopic (exact) mass is 279 g/mol. The van der Waals surface area contributed by atoms with Crippen LogP contribution in [0.4, 0.5) is 5.69 Å². The van der Waals surface area contributed by atoms with Gasteiger partial charge in [-0.25, -0.2) is 0 Å². The van der Waals surface area contributed by atoms with E-state index in [0.29, 0.717) is 16.6 Å². The van der Waals surface area contributed by atoms with E-state index in [-0.39, 0.29) is 0 Å². The molecule has 0 fully saturated rings. The molecule has 1 heterocycles. The van der Waals surface area contributed by atoms with Crippen molar-refractivity contribution in [2.24, 2.45) is 0 Å². The molecule has 0 saturated carbocycles. The van der Waals surface area contributed by atoms with Crippen molar-refractivity contribution in [1.82, 2.24) is 10.3 Å². The molecule has 108 valence electrons. The molecule has 20 heavy (non-hydrogen) atoms. The first-order valence-corrected chi connectivity index (χ1v) is 6.07. The van der Waals surface area contributed by atoms with E-state index < -0.39 is 31.3 Å². The Morgan fingerprint density at radius 2 is 1.90 bits per heavy atom. The number of rotatable bonds is 5. The molecule has 2 rings (SSSR count). The molecule has 0 aliphatic rings. The van der Waals surface area contributed by atoms with E-state index in [1.54, 1.807) is 18.2 Å². The Hall–Kier alpha value is -2.09. The minimum atomic E-state index is -1.46. The number of anilines is 1. The van der Waals surface area contributed by atoms with E-state index in [1.807, 2.05) is 0 Å². The molecule has 0 aliphatic heterocycles. The summed E-state index contributed by atoms with van der Waals surface area (Å²) >= 11 is 0.